The molecule has 0 spiro atoms. The van der Waals surface area contributed by atoms with Crippen LogP contribution in [0.25, 0.3) is 10.2 Å². The first-order valence-electron chi connectivity index (χ1n) is 8.91. The van der Waals surface area contributed by atoms with Gasteiger partial charge in [0.05, 0.1) is 22.4 Å². The molecule has 28 heavy (non-hydrogen) atoms. The molecule has 4 rings (SSSR count). The van der Waals surface area contributed by atoms with Crippen molar-refractivity contribution in [2.75, 3.05) is 38.2 Å². The van der Waals surface area contributed by atoms with Crippen LogP contribution >= 0.6 is 34.5 Å². The Morgan fingerprint density at radius 3 is 2.57 bits per heavy atom. The highest BCUT2D eigenvalue weighted by atomic mass is 35.5. The van der Waals surface area contributed by atoms with Crippen molar-refractivity contribution in [2.24, 2.45) is 0 Å². The van der Waals surface area contributed by atoms with Gasteiger partial charge in [0.2, 0.25) is 0 Å². The molecule has 2 aromatic carbocycles. The molecular weight excluding hydrogens is 417 g/mol. The minimum Gasteiger partial charge on any atom is -0.494 e. The quantitative estimate of drug-likeness (QED) is 0.587. The number of rotatable bonds is 3. The zero-order valence-electron chi connectivity index (χ0n) is 15.5. The largest absolute Gasteiger partial charge is 0.494 e. The van der Waals surface area contributed by atoms with Crippen molar-refractivity contribution in [3.63, 3.8) is 0 Å². The molecule has 0 aliphatic carbocycles. The number of carbonyl (C=O) groups excluding carboxylic acids is 1. The maximum atomic E-state index is 12.8. The lowest BCUT2D eigenvalue weighted by Gasteiger charge is -2.34. The van der Waals surface area contributed by atoms with E-state index >= 15 is 0 Å². The molecule has 1 aliphatic heterocycles. The van der Waals surface area contributed by atoms with Gasteiger partial charge in [0, 0.05) is 31.2 Å². The third kappa shape index (κ3) is 3.52. The molecule has 0 unspecified atom stereocenters. The maximum Gasteiger partial charge on any atom is 0.255 e. The first-order valence-corrected chi connectivity index (χ1v) is 10.5. The second kappa shape index (κ2) is 7.78. The van der Waals surface area contributed by atoms with Gasteiger partial charge in [0.15, 0.2) is 5.13 Å². The number of fused-ring (bicyclic) bond motifs is 1. The fourth-order valence-electron chi connectivity index (χ4n) is 3.33. The van der Waals surface area contributed by atoms with Gasteiger partial charge in [-0.15, -0.1) is 0 Å². The van der Waals surface area contributed by atoms with Crippen molar-refractivity contribution in [3.05, 3.63) is 51.5 Å². The van der Waals surface area contributed by atoms with E-state index < -0.39 is 0 Å². The second-order valence-corrected chi connectivity index (χ2v) is 8.48. The molecule has 0 bridgehead atoms. The fourth-order valence-corrected chi connectivity index (χ4v) is 4.92. The number of methoxy groups -OCH3 is 1. The van der Waals surface area contributed by atoms with Crippen molar-refractivity contribution in [1.82, 2.24) is 9.88 Å². The summed E-state index contributed by atoms with van der Waals surface area (Å²) in [5.74, 6) is 0.720. The van der Waals surface area contributed by atoms with E-state index in [0.29, 0.717) is 28.7 Å². The molecule has 3 aromatic rings. The Labute approximate surface area is 177 Å². The lowest BCUT2D eigenvalue weighted by atomic mass is 10.2. The van der Waals surface area contributed by atoms with E-state index in [1.165, 1.54) is 5.56 Å². The van der Waals surface area contributed by atoms with Crippen LogP contribution in [-0.4, -0.2) is 49.1 Å². The van der Waals surface area contributed by atoms with Crippen LogP contribution in [-0.2, 0) is 0 Å². The van der Waals surface area contributed by atoms with Crippen molar-refractivity contribution in [2.45, 2.75) is 6.92 Å². The summed E-state index contributed by atoms with van der Waals surface area (Å²) in [5, 5.41) is 1.86. The Morgan fingerprint density at radius 1 is 1.14 bits per heavy atom. The number of halogens is 2. The summed E-state index contributed by atoms with van der Waals surface area (Å²) in [6.45, 7) is 4.75. The number of anilines is 1. The normalized spacial score (nSPS) is 14.6. The number of amides is 1. The van der Waals surface area contributed by atoms with Gasteiger partial charge in [0.1, 0.15) is 11.3 Å². The van der Waals surface area contributed by atoms with Crippen LogP contribution < -0.4 is 9.64 Å². The van der Waals surface area contributed by atoms with Crippen LogP contribution in [0.4, 0.5) is 5.13 Å². The number of carbonyl (C=O) groups is 1. The molecular formula is C20H19Cl2N3O2S. The van der Waals surface area contributed by atoms with Gasteiger partial charge in [-0.1, -0.05) is 40.6 Å². The minimum atomic E-state index is -0.0665. The van der Waals surface area contributed by atoms with Crippen LogP contribution in [0.1, 0.15) is 15.9 Å². The Morgan fingerprint density at radius 2 is 1.89 bits per heavy atom. The van der Waals surface area contributed by atoms with E-state index in [4.69, 9.17) is 32.9 Å². The standard InChI is InChI=1S/C20H19Cl2N3O2S/c1-12-3-6-16(27-2)17-18(12)28-20(23-17)25-9-7-24(8-10-25)19(26)14-5-4-13(21)11-15(14)22/h3-6,11H,7-10H2,1-2H3. The number of nitrogens with zero attached hydrogens (tertiary/aromatic N) is 3. The van der Waals surface area contributed by atoms with Crippen LogP contribution in [0, 0.1) is 6.92 Å². The van der Waals surface area contributed by atoms with E-state index in [9.17, 15) is 4.79 Å². The molecule has 146 valence electrons. The maximum absolute atomic E-state index is 12.8. The summed E-state index contributed by atoms with van der Waals surface area (Å²) in [6, 6.07) is 8.97. The summed E-state index contributed by atoms with van der Waals surface area (Å²) in [4.78, 5) is 21.6. The second-order valence-electron chi connectivity index (χ2n) is 6.66. The topological polar surface area (TPSA) is 45.7 Å². The molecule has 1 aliphatic rings. The smallest absolute Gasteiger partial charge is 0.255 e. The van der Waals surface area contributed by atoms with Gasteiger partial charge in [0.25, 0.3) is 5.91 Å². The van der Waals surface area contributed by atoms with E-state index in [0.717, 1.165) is 34.2 Å². The number of benzene rings is 2. The van der Waals surface area contributed by atoms with Crippen molar-refractivity contribution in [3.8, 4) is 5.75 Å². The average molecular weight is 436 g/mol. The number of piperazine rings is 1. The van der Waals surface area contributed by atoms with E-state index in [1.807, 2.05) is 11.0 Å². The number of hydrogen-bond donors (Lipinski definition) is 0. The average Bonchev–Trinajstić information content (AvgIpc) is 3.14. The summed E-state index contributed by atoms with van der Waals surface area (Å²) in [5.41, 5.74) is 2.57. The predicted octanol–water partition coefficient (Wildman–Crippen LogP) is 4.88. The Bertz CT molecular complexity index is 1050. The molecule has 0 atom stereocenters. The lowest BCUT2D eigenvalue weighted by molar-refractivity contribution is 0.0747. The van der Waals surface area contributed by atoms with Gasteiger partial charge in [-0.05, 0) is 36.8 Å². The highest BCUT2D eigenvalue weighted by Crippen LogP contribution is 2.36. The molecule has 0 saturated carbocycles. The molecule has 0 N–H and O–H groups in total. The van der Waals surface area contributed by atoms with E-state index in [-0.39, 0.29) is 5.91 Å². The minimum absolute atomic E-state index is 0.0665. The highest BCUT2D eigenvalue weighted by molar-refractivity contribution is 7.22. The highest BCUT2D eigenvalue weighted by Gasteiger charge is 2.25. The van der Waals surface area contributed by atoms with E-state index in [1.54, 1.807) is 36.6 Å². The fraction of sp³-hybridized carbons (Fsp3) is 0.300. The number of aryl methyl sites for hydroxylation is 1. The van der Waals surface area contributed by atoms with Crippen LogP contribution in [0.2, 0.25) is 10.0 Å². The summed E-state index contributed by atoms with van der Waals surface area (Å²) >= 11 is 13.8. The van der Waals surface area contributed by atoms with Crippen LogP contribution in [0.5, 0.6) is 5.75 Å². The summed E-state index contributed by atoms with van der Waals surface area (Å²) in [6.07, 6.45) is 0. The zero-order chi connectivity index (χ0) is 19.8. The number of aromatic nitrogens is 1. The Kier molecular flexibility index (Phi) is 5.36. The molecule has 8 heteroatoms. The third-order valence-corrected chi connectivity index (χ3v) is 6.71. The predicted molar refractivity (Wildman–Crippen MR) is 115 cm³/mol. The lowest BCUT2D eigenvalue weighted by Crippen LogP contribution is -2.48. The monoisotopic (exact) mass is 435 g/mol. The van der Waals surface area contributed by atoms with Crippen molar-refractivity contribution < 1.29 is 9.53 Å². The zero-order valence-corrected chi connectivity index (χ0v) is 17.9. The molecule has 2 heterocycles. The van der Waals surface area contributed by atoms with E-state index in [2.05, 4.69) is 17.9 Å². The van der Waals surface area contributed by atoms with Crippen LogP contribution in [0.3, 0.4) is 0 Å². The van der Waals surface area contributed by atoms with Crippen molar-refractivity contribution in [1.29, 1.82) is 0 Å². The molecule has 1 aromatic heterocycles. The molecule has 0 radical (unpaired) electrons. The summed E-state index contributed by atoms with van der Waals surface area (Å²) < 4.78 is 6.59. The Balaban J connectivity index is 1.50. The van der Waals surface area contributed by atoms with Gasteiger partial charge in [-0.3, -0.25) is 4.79 Å². The molecule has 1 fully saturated rings. The van der Waals surface area contributed by atoms with Crippen molar-refractivity contribution >= 4 is 55.8 Å². The number of thiazole rings is 1. The van der Waals surface area contributed by atoms with Gasteiger partial charge in [-0.25, -0.2) is 4.98 Å². The Hall–Kier alpha value is -2.02. The van der Waals surface area contributed by atoms with Crippen LogP contribution in [0.15, 0.2) is 30.3 Å². The first-order chi connectivity index (χ1) is 13.5. The third-order valence-electron chi connectivity index (χ3n) is 4.91. The van der Waals surface area contributed by atoms with Gasteiger partial charge in [-0.2, -0.15) is 0 Å². The molecule has 5 nitrogen and oxygen atoms in total. The molecule has 1 saturated heterocycles. The molecule has 1 amide bonds. The SMILES string of the molecule is COc1ccc(C)c2sc(N3CCN(C(=O)c4ccc(Cl)cc4Cl)CC3)nc12. The number of ether oxygens (including phenoxy) is 1. The first kappa shape index (κ1) is 19.3. The van der Waals surface area contributed by atoms with Gasteiger partial charge >= 0.3 is 0 Å². The van der Waals surface area contributed by atoms with Gasteiger partial charge < -0.3 is 14.5 Å². The summed E-state index contributed by atoms with van der Waals surface area (Å²) in [7, 11) is 1.66. The number of hydrogen-bond acceptors (Lipinski definition) is 5.